The SMILES string of the molecule is Cn1cnc2c(OCc3ccc(N)cc3)nccc21. The van der Waals surface area contributed by atoms with Crippen LogP contribution in [-0.4, -0.2) is 14.5 Å². The first-order chi connectivity index (χ1) is 9.24. The first-order valence-electron chi connectivity index (χ1n) is 5.97. The highest BCUT2D eigenvalue weighted by Gasteiger charge is 2.07. The van der Waals surface area contributed by atoms with Crippen molar-refractivity contribution in [1.82, 2.24) is 14.5 Å². The summed E-state index contributed by atoms with van der Waals surface area (Å²) in [5.41, 5.74) is 9.21. The van der Waals surface area contributed by atoms with Crippen molar-refractivity contribution in [2.45, 2.75) is 6.61 Å². The summed E-state index contributed by atoms with van der Waals surface area (Å²) in [6.07, 6.45) is 3.48. The molecule has 2 N–H and O–H groups in total. The molecule has 0 saturated heterocycles. The van der Waals surface area contributed by atoms with E-state index in [2.05, 4.69) is 9.97 Å². The van der Waals surface area contributed by atoms with Gasteiger partial charge >= 0.3 is 0 Å². The van der Waals surface area contributed by atoms with Crippen LogP contribution in [0.15, 0.2) is 42.9 Å². The lowest BCUT2D eigenvalue weighted by Crippen LogP contribution is -1.98. The zero-order valence-corrected chi connectivity index (χ0v) is 10.6. The zero-order valence-electron chi connectivity index (χ0n) is 10.6. The van der Waals surface area contributed by atoms with Gasteiger partial charge in [0.05, 0.1) is 11.8 Å². The van der Waals surface area contributed by atoms with Gasteiger partial charge in [-0.05, 0) is 23.8 Å². The molecule has 19 heavy (non-hydrogen) atoms. The van der Waals surface area contributed by atoms with Crippen LogP contribution in [-0.2, 0) is 13.7 Å². The molecule has 5 heteroatoms. The second kappa shape index (κ2) is 4.61. The Labute approximate surface area is 110 Å². The highest BCUT2D eigenvalue weighted by molar-refractivity contribution is 5.79. The number of fused-ring (bicyclic) bond motifs is 1. The minimum absolute atomic E-state index is 0.447. The number of nitrogens with zero attached hydrogens (tertiary/aromatic N) is 3. The third-order valence-corrected chi connectivity index (χ3v) is 2.96. The number of anilines is 1. The van der Waals surface area contributed by atoms with E-state index in [-0.39, 0.29) is 0 Å². The van der Waals surface area contributed by atoms with Gasteiger partial charge in [-0.25, -0.2) is 9.97 Å². The number of hydrogen-bond donors (Lipinski definition) is 1. The molecule has 0 atom stereocenters. The summed E-state index contributed by atoms with van der Waals surface area (Å²) in [6.45, 7) is 0.447. The number of nitrogen functional groups attached to an aromatic ring is 1. The van der Waals surface area contributed by atoms with Gasteiger partial charge in [0.2, 0.25) is 5.88 Å². The van der Waals surface area contributed by atoms with E-state index >= 15 is 0 Å². The number of imidazole rings is 1. The van der Waals surface area contributed by atoms with E-state index in [0.29, 0.717) is 12.5 Å². The van der Waals surface area contributed by atoms with E-state index in [4.69, 9.17) is 10.5 Å². The molecule has 0 fully saturated rings. The van der Waals surface area contributed by atoms with Gasteiger partial charge in [-0.1, -0.05) is 12.1 Å². The van der Waals surface area contributed by atoms with Crippen molar-refractivity contribution in [3.05, 3.63) is 48.4 Å². The van der Waals surface area contributed by atoms with Crippen LogP contribution in [0.4, 0.5) is 5.69 Å². The number of hydrogen-bond acceptors (Lipinski definition) is 4. The fourth-order valence-electron chi connectivity index (χ4n) is 1.91. The van der Waals surface area contributed by atoms with E-state index in [1.165, 1.54) is 0 Å². The molecule has 3 aromatic rings. The van der Waals surface area contributed by atoms with Gasteiger partial charge in [0.1, 0.15) is 6.61 Å². The molecule has 1 aromatic carbocycles. The Morgan fingerprint density at radius 2 is 1.95 bits per heavy atom. The maximum Gasteiger partial charge on any atom is 0.242 e. The lowest BCUT2D eigenvalue weighted by atomic mass is 10.2. The normalized spacial score (nSPS) is 10.8. The molecule has 2 heterocycles. The molecular weight excluding hydrogens is 240 g/mol. The van der Waals surface area contributed by atoms with Gasteiger partial charge in [-0.2, -0.15) is 0 Å². The summed E-state index contributed by atoms with van der Waals surface area (Å²) in [6, 6.07) is 9.50. The van der Waals surface area contributed by atoms with Crippen LogP contribution in [0.5, 0.6) is 5.88 Å². The molecule has 0 amide bonds. The molecule has 0 aliphatic heterocycles. The van der Waals surface area contributed by atoms with Gasteiger partial charge in [-0.3, -0.25) is 0 Å². The van der Waals surface area contributed by atoms with Crippen molar-refractivity contribution >= 4 is 16.7 Å². The Bertz CT molecular complexity index is 703. The number of benzene rings is 1. The van der Waals surface area contributed by atoms with E-state index < -0.39 is 0 Å². The molecule has 0 aliphatic rings. The van der Waals surface area contributed by atoms with Crippen LogP contribution in [0.1, 0.15) is 5.56 Å². The summed E-state index contributed by atoms with van der Waals surface area (Å²) < 4.78 is 7.67. The Morgan fingerprint density at radius 1 is 1.16 bits per heavy atom. The summed E-state index contributed by atoms with van der Waals surface area (Å²) in [5, 5.41) is 0. The Kier molecular flexibility index (Phi) is 2.79. The van der Waals surface area contributed by atoms with Crippen molar-refractivity contribution in [3.63, 3.8) is 0 Å². The van der Waals surface area contributed by atoms with E-state index in [0.717, 1.165) is 22.3 Å². The predicted molar refractivity (Wildman–Crippen MR) is 73.7 cm³/mol. The molecule has 5 nitrogen and oxygen atoms in total. The standard InChI is InChI=1S/C14H14N4O/c1-18-9-17-13-12(18)6-7-16-14(13)19-8-10-2-4-11(15)5-3-10/h2-7,9H,8,15H2,1H3. The topological polar surface area (TPSA) is 66.0 Å². The summed E-state index contributed by atoms with van der Waals surface area (Å²) >= 11 is 0. The molecule has 3 rings (SSSR count). The zero-order chi connectivity index (χ0) is 13.2. The number of ether oxygens (including phenoxy) is 1. The highest BCUT2D eigenvalue weighted by Crippen LogP contribution is 2.21. The predicted octanol–water partition coefficient (Wildman–Crippen LogP) is 2.13. The molecule has 0 unspecified atom stereocenters. The number of rotatable bonds is 3. The van der Waals surface area contributed by atoms with Gasteiger partial charge < -0.3 is 15.0 Å². The van der Waals surface area contributed by atoms with Crippen LogP contribution in [0.25, 0.3) is 11.0 Å². The van der Waals surface area contributed by atoms with Gasteiger partial charge in [0.25, 0.3) is 0 Å². The molecular formula is C14H14N4O. The molecule has 0 spiro atoms. The fraction of sp³-hybridized carbons (Fsp3) is 0.143. The monoisotopic (exact) mass is 254 g/mol. The third-order valence-electron chi connectivity index (χ3n) is 2.96. The molecule has 0 aliphatic carbocycles. The van der Waals surface area contributed by atoms with Crippen LogP contribution >= 0.6 is 0 Å². The summed E-state index contributed by atoms with van der Waals surface area (Å²) in [4.78, 5) is 8.53. The van der Waals surface area contributed by atoms with Crippen molar-refractivity contribution in [1.29, 1.82) is 0 Å². The van der Waals surface area contributed by atoms with Crippen molar-refractivity contribution in [2.24, 2.45) is 7.05 Å². The number of aromatic nitrogens is 3. The summed E-state index contributed by atoms with van der Waals surface area (Å²) in [7, 11) is 1.94. The average molecular weight is 254 g/mol. The molecule has 0 bridgehead atoms. The fourth-order valence-corrected chi connectivity index (χ4v) is 1.91. The van der Waals surface area contributed by atoms with Crippen molar-refractivity contribution < 1.29 is 4.74 Å². The maximum atomic E-state index is 5.73. The smallest absolute Gasteiger partial charge is 0.242 e. The number of nitrogens with two attached hydrogens (primary N) is 1. The quantitative estimate of drug-likeness (QED) is 0.727. The third kappa shape index (κ3) is 2.22. The van der Waals surface area contributed by atoms with Gasteiger partial charge in [0.15, 0.2) is 5.52 Å². The first-order valence-corrected chi connectivity index (χ1v) is 5.97. The van der Waals surface area contributed by atoms with Crippen LogP contribution in [0, 0.1) is 0 Å². The second-order valence-corrected chi connectivity index (χ2v) is 4.37. The highest BCUT2D eigenvalue weighted by atomic mass is 16.5. The molecule has 0 radical (unpaired) electrons. The number of aryl methyl sites for hydroxylation is 1. The van der Waals surface area contributed by atoms with E-state index in [9.17, 15) is 0 Å². The molecule has 2 aromatic heterocycles. The Balaban J connectivity index is 1.83. The second-order valence-electron chi connectivity index (χ2n) is 4.37. The van der Waals surface area contributed by atoms with Crippen LogP contribution < -0.4 is 10.5 Å². The average Bonchev–Trinajstić information content (AvgIpc) is 2.81. The van der Waals surface area contributed by atoms with E-state index in [1.54, 1.807) is 12.5 Å². The number of pyridine rings is 1. The first kappa shape index (κ1) is 11.5. The van der Waals surface area contributed by atoms with Crippen LogP contribution in [0.2, 0.25) is 0 Å². The maximum absolute atomic E-state index is 5.73. The Hall–Kier alpha value is -2.56. The summed E-state index contributed by atoms with van der Waals surface area (Å²) in [5.74, 6) is 0.551. The minimum atomic E-state index is 0.447. The van der Waals surface area contributed by atoms with Gasteiger partial charge in [-0.15, -0.1) is 0 Å². The lowest BCUT2D eigenvalue weighted by molar-refractivity contribution is 0.297. The van der Waals surface area contributed by atoms with Crippen LogP contribution in [0.3, 0.4) is 0 Å². The van der Waals surface area contributed by atoms with E-state index in [1.807, 2.05) is 41.9 Å². The molecule has 0 saturated carbocycles. The lowest BCUT2D eigenvalue weighted by Gasteiger charge is -2.06. The van der Waals surface area contributed by atoms with Gasteiger partial charge in [0, 0.05) is 18.9 Å². The van der Waals surface area contributed by atoms with Crippen molar-refractivity contribution in [2.75, 3.05) is 5.73 Å². The molecule has 96 valence electrons. The Morgan fingerprint density at radius 3 is 2.74 bits per heavy atom. The largest absolute Gasteiger partial charge is 0.471 e. The van der Waals surface area contributed by atoms with Crippen molar-refractivity contribution in [3.8, 4) is 5.88 Å². The minimum Gasteiger partial charge on any atom is -0.471 e.